The molecule has 0 spiro atoms. The van der Waals surface area contributed by atoms with E-state index in [-0.39, 0.29) is 17.6 Å². The van der Waals surface area contributed by atoms with Crippen molar-refractivity contribution in [3.05, 3.63) is 0 Å². The van der Waals surface area contributed by atoms with Crippen LogP contribution in [0.3, 0.4) is 0 Å². The fraction of sp³-hybridized carbons (Fsp3) is 0.909. The highest BCUT2D eigenvalue weighted by molar-refractivity contribution is 5.78. The van der Waals surface area contributed by atoms with E-state index < -0.39 is 0 Å². The van der Waals surface area contributed by atoms with Gasteiger partial charge in [0, 0.05) is 6.54 Å². The van der Waals surface area contributed by atoms with Gasteiger partial charge in [-0.2, -0.15) is 0 Å². The minimum Gasteiger partial charge on any atom is -0.315 e. The van der Waals surface area contributed by atoms with Crippen LogP contribution in [0.15, 0.2) is 0 Å². The van der Waals surface area contributed by atoms with Crippen molar-refractivity contribution in [2.75, 3.05) is 13.1 Å². The van der Waals surface area contributed by atoms with Crippen molar-refractivity contribution in [2.45, 2.75) is 51.2 Å². The molecule has 0 saturated carbocycles. The Morgan fingerprint density at radius 2 is 2.47 bits per heavy atom. The Labute approximate surface area is 90.9 Å². The number of nitrogens with zero attached hydrogens (tertiary/aromatic N) is 1. The summed E-state index contributed by atoms with van der Waals surface area (Å²) in [5, 5.41) is 4.92. The molecule has 4 heteroatoms. The summed E-state index contributed by atoms with van der Waals surface area (Å²) in [4.78, 5) is 17.6. The van der Waals surface area contributed by atoms with E-state index >= 15 is 0 Å². The van der Waals surface area contributed by atoms with E-state index in [0.29, 0.717) is 6.42 Å². The van der Waals surface area contributed by atoms with Crippen LogP contribution < -0.4 is 5.32 Å². The van der Waals surface area contributed by atoms with Crippen LogP contribution >= 0.6 is 0 Å². The van der Waals surface area contributed by atoms with Gasteiger partial charge in [0.15, 0.2) is 0 Å². The third-order valence-electron chi connectivity index (χ3n) is 3.44. The monoisotopic (exact) mass is 212 g/mol. The fourth-order valence-electron chi connectivity index (χ4n) is 2.22. The third kappa shape index (κ3) is 2.16. The van der Waals surface area contributed by atoms with Gasteiger partial charge in [0.2, 0.25) is 5.91 Å². The SMILES string of the molecule is CCC1(C)CC(=O)N(C2CCCNC2)O1. The smallest absolute Gasteiger partial charge is 0.249 e. The lowest BCUT2D eigenvalue weighted by molar-refractivity contribution is -0.214. The van der Waals surface area contributed by atoms with Crippen LogP contribution in [0.2, 0.25) is 0 Å². The molecule has 86 valence electrons. The normalized spacial score (nSPS) is 37.3. The molecule has 2 fully saturated rings. The van der Waals surface area contributed by atoms with E-state index in [2.05, 4.69) is 12.2 Å². The molecule has 2 heterocycles. The minimum atomic E-state index is -0.269. The molecule has 0 aromatic rings. The lowest BCUT2D eigenvalue weighted by Gasteiger charge is -2.32. The summed E-state index contributed by atoms with van der Waals surface area (Å²) < 4.78 is 0. The van der Waals surface area contributed by atoms with Crippen LogP contribution in [0, 0.1) is 0 Å². The highest BCUT2D eigenvalue weighted by atomic mass is 16.7. The van der Waals surface area contributed by atoms with Gasteiger partial charge in [0.1, 0.15) is 5.60 Å². The second kappa shape index (κ2) is 4.10. The van der Waals surface area contributed by atoms with Crippen molar-refractivity contribution in [3.63, 3.8) is 0 Å². The molecule has 2 aliphatic heterocycles. The van der Waals surface area contributed by atoms with Crippen LogP contribution in [0.25, 0.3) is 0 Å². The zero-order valence-corrected chi connectivity index (χ0v) is 9.58. The van der Waals surface area contributed by atoms with E-state index in [0.717, 1.165) is 32.4 Å². The molecule has 15 heavy (non-hydrogen) atoms. The highest BCUT2D eigenvalue weighted by Gasteiger charge is 2.42. The number of piperidine rings is 1. The van der Waals surface area contributed by atoms with E-state index in [4.69, 9.17) is 4.84 Å². The van der Waals surface area contributed by atoms with Gasteiger partial charge in [-0.05, 0) is 32.7 Å². The maximum atomic E-state index is 11.8. The quantitative estimate of drug-likeness (QED) is 0.744. The summed E-state index contributed by atoms with van der Waals surface area (Å²) >= 11 is 0. The van der Waals surface area contributed by atoms with Gasteiger partial charge in [-0.25, -0.2) is 5.06 Å². The molecule has 1 amide bonds. The van der Waals surface area contributed by atoms with Gasteiger partial charge in [-0.1, -0.05) is 6.92 Å². The van der Waals surface area contributed by atoms with E-state index in [1.165, 1.54) is 0 Å². The predicted molar refractivity (Wildman–Crippen MR) is 57.1 cm³/mol. The second-order valence-electron chi connectivity index (χ2n) is 4.79. The first-order valence-electron chi connectivity index (χ1n) is 5.86. The summed E-state index contributed by atoms with van der Waals surface area (Å²) in [6.45, 7) is 6.01. The largest absolute Gasteiger partial charge is 0.315 e. The number of carbonyl (C=O) groups is 1. The Hall–Kier alpha value is -0.610. The molecular weight excluding hydrogens is 192 g/mol. The van der Waals surface area contributed by atoms with Crippen molar-refractivity contribution < 1.29 is 9.63 Å². The number of hydrogen-bond donors (Lipinski definition) is 1. The van der Waals surface area contributed by atoms with E-state index in [1.807, 2.05) is 6.92 Å². The Morgan fingerprint density at radius 3 is 3.00 bits per heavy atom. The summed E-state index contributed by atoms with van der Waals surface area (Å²) in [6, 6.07) is 0.236. The molecule has 2 rings (SSSR count). The van der Waals surface area contributed by atoms with Crippen LogP contribution in [0.1, 0.15) is 39.5 Å². The average molecular weight is 212 g/mol. The molecule has 2 aliphatic rings. The minimum absolute atomic E-state index is 0.146. The Kier molecular flexibility index (Phi) is 2.98. The summed E-state index contributed by atoms with van der Waals surface area (Å²) in [7, 11) is 0. The van der Waals surface area contributed by atoms with Crippen molar-refractivity contribution in [3.8, 4) is 0 Å². The van der Waals surface area contributed by atoms with Gasteiger partial charge in [-0.15, -0.1) is 0 Å². The Morgan fingerprint density at radius 1 is 1.67 bits per heavy atom. The first kappa shape index (κ1) is 10.9. The first-order chi connectivity index (χ1) is 7.14. The van der Waals surface area contributed by atoms with E-state index in [9.17, 15) is 4.79 Å². The molecular formula is C11H20N2O2. The number of hydrogen-bond acceptors (Lipinski definition) is 3. The molecule has 4 nitrogen and oxygen atoms in total. The first-order valence-corrected chi connectivity index (χ1v) is 5.86. The molecule has 0 aromatic heterocycles. The van der Waals surface area contributed by atoms with Gasteiger partial charge < -0.3 is 5.32 Å². The summed E-state index contributed by atoms with van der Waals surface area (Å²) in [5.74, 6) is 0.146. The molecule has 2 atom stereocenters. The van der Waals surface area contributed by atoms with Crippen molar-refractivity contribution in [1.29, 1.82) is 0 Å². The molecule has 0 radical (unpaired) electrons. The molecule has 2 saturated heterocycles. The molecule has 0 bridgehead atoms. The predicted octanol–water partition coefficient (Wildman–Crippen LogP) is 1.07. The van der Waals surface area contributed by atoms with Crippen molar-refractivity contribution >= 4 is 5.91 Å². The topological polar surface area (TPSA) is 41.6 Å². The summed E-state index contributed by atoms with van der Waals surface area (Å²) in [6.07, 6.45) is 3.59. The third-order valence-corrected chi connectivity index (χ3v) is 3.44. The fourth-order valence-corrected chi connectivity index (χ4v) is 2.22. The van der Waals surface area contributed by atoms with Crippen LogP contribution in [0.4, 0.5) is 0 Å². The Balaban J connectivity index is 2.01. The van der Waals surface area contributed by atoms with Gasteiger partial charge in [0.05, 0.1) is 12.5 Å². The van der Waals surface area contributed by atoms with Gasteiger partial charge in [0.25, 0.3) is 0 Å². The highest BCUT2D eigenvalue weighted by Crippen LogP contribution is 2.31. The summed E-state index contributed by atoms with van der Waals surface area (Å²) in [5.41, 5.74) is -0.269. The molecule has 1 N–H and O–H groups in total. The zero-order chi connectivity index (χ0) is 10.9. The molecule has 0 aromatic carbocycles. The molecule has 0 aliphatic carbocycles. The average Bonchev–Trinajstić information content (AvgIpc) is 2.57. The van der Waals surface area contributed by atoms with Crippen LogP contribution in [-0.4, -0.2) is 35.7 Å². The number of amides is 1. The van der Waals surface area contributed by atoms with Gasteiger partial charge >= 0.3 is 0 Å². The maximum absolute atomic E-state index is 11.8. The van der Waals surface area contributed by atoms with Crippen LogP contribution in [0.5, 0.6) is 0 Å². The number of hydroxylamine groups is 2. The van der Waals surface area contributed by atoms with Crippen molar-refractivity contribution in [1.82, 2.24) is 10.4 Å². The lowest BCUT2D eigenvalue weighted by Crippen LogP contribution is -2.46. The number of rotatable bonds is 2. The number of carbonyl (C=O) groups excluding carboxylic acids is 1. The van der Waals surface area contributed by atoms with Crippen molar-refractivity contribution in [2.24, 2.45) is 0 Å². The van der Waals surface area contributed by atoms with Crippen LogP contribution in [-0.2, 0) is 9.63 Å². The standard InChI is InChI=1S/C11H20N2O2/c1-3-11(2)7-10(14)13(15-11)9-5-4-6-12-8-9/h9,12H,3-8H2,1-2H3. The lowest BCUT2D eigenvalue weighted by atomic mass is 10.00. The molecule has 2 unspecified atom stereocenters. The Bertz CT molecular complexity index is 251. The number of nitrogens with one attached hydrogen (secondary N) is 1. The van der Waals surface area contributed by atoms with E-state index in [1.54, 1.807) is 5.06 Å². The van der Waals surface area contributed by atoms with Gasteiger partial charge in [-0.3, -0.25) is 9.63 Å². The zero-order valence-electron chi connectivity index (χ0n) is 9.58. The second-order valence-corrected chi connectivity index (χ2v) is 4.79. The maximum Gasteiger partial charge on any atom is 0.249 e.